The Morgan fingerprint density at radius 2 is 1.71 bits per heavy atom. The lowest BCUT2D eigenvalue weighted by atomic mass is 9.79. The van der Waals surface area contributed by atoms with Crippen molar-refractivity contribution < 1.29 is 0 Å². The van der Waals surface area contributed by atoms with Crippen LogP contribution in [0.5, 0.6) is 0 Å². The van der Waals surface area contributed by atoms with Gasteiger partial charge in [-0.1, -0.05) is 6.92 Å². The summed E-state index contributed by atoms with van der Waals surface area (Å²) < 4.78 is 0. The van der Waals surface area contributed by atoms with Gasteiger partial charge >= 0.3 is 0 Å². The summed E-state index contributed by atoms with van der Waals surface area (Å²) in [6, 6.07) is 0.721. The molecule has 0 radical (unpaired) electrons. The Morgan fingerprint density at radius 1 is 1.21 bits per heavy atom. The first-order chi connectivity index (χ1) is 6.43. The average Bonchev–Trinajstić information content (AvgIpc) is 2.02. The van der Waals surface area contributed by atoms with Gasteiger partial charge in [0.1, 0.15) is 0 Å². The van der Waals surface area contributed by atoms with Crippen LogP contribution in [0.4, 0.5) is 0 Å². The minimum atomic E-state index is 0.550. The number of likely N-dealkylation sites (tertiary alicyclic amines) is 1. The maximum absolute atomic E-state index is 2.59. The van der Waals surface area contributed by atoms with Crippen molar-refractivity contribution in [2.24, 2.45) is 5.41 Å². The van der Waals surface area contributed by atoms with Gasteiger partial charge in [0.25, 0.3) is 0 Å². The first-order valence-corrected chi connectivity index (χ1v) is 5.82. The summed E-state index contributed by atoms with van der Waals surface area (Å²) >= 11 is 0. The number of hydrogen-bond acceptors (Lipinski definition) is 2. The second-order valence-corrected chi connectivity index (χ2v) is 5.68. The lowest BCUT2D eigenvalue weighted by Gasteiger charge is -2.42. The highest BCUT2D eigenvalue weighted by Crippen LogP contribution is 2.31. The van der Waals surface area contributed by atoms with Gasteiger partial charge in [-0.15, -0.1) is 0 Å². The van der Waals surface area contributed by atoms with Gasteiger partial charge in [0.15, 0.2) is 0 Å². The van der Waals surface area contributed by atoms with E-state index in [0.717, 1.165) is 6.04 Å². The van der Waals surface area contributed by atoms with Crippen LogP contribution >= 0.6 is 0 Å². The van der Waals surface area contributed by atoms with Crippen molar-refractivity contribution in [1.29, 1.82) is 0 Å². The zero-order valence-corrected chi connectivity index (χ0v) is 10.5. The lowest BCUT2D eigenvalue weighted by molar-refractivity contribution is 0.0744. The SMILES string of the molecule is CC(C)N1CCC(C)(CN(C)C)CC1. The van der Waals surface area contributed by atoms with Crippen LogP contribution in [0.15, 0.2) is 0 Å². The molecule has 1 aliphatic rings. The summed E-state index contributed by atoms with van der Waals surface area (Å²) in [6.07, 6.45) is 2.70. The Labute approximate surface area is 89.3 Å². The summed E-state index contributed by atoms with van der Waals surface area (Å²) in [5.41, 5.74) is 0.550. The van der Waals surface area contributed by atoms with Gasteiger partial charge in [-0.25, -0.2) is 0 Å². The second-order valence-electron chi connectivity index (χ2n) is 5.68. The maximum atomic E-state index is 2.59. The zero-order valence-electron chi connectivity index (χ0n) is 10.5. The Bertz CT molecular complexity index is 167. The van der Waals surface area contributed by atoms with Crippen molar-refractivity contribution in [3.63, 3.8) is 0 Å². The molecule has 0 saturated carbocycles. The standard InChI is InChI=1S/C12H26N2/c1-11(2)14-8-6-12(3,7-9-14)10-13(4)5/h11H,6-10H2,1-5H3. The Morgan fingerprint density at radius 3 is 2.07 bits per heavy atom. The summed E-state index contributed by atoms with van der Waals surface area (Å²) in [6.45, 7) is 10.8. The van der Waals surface area contributed by atoms with Gasteiger partial charge in [-0.2, -0.15) is 0 Å². The van der Waals surface area contributed by atoms with E-state index in [1.54, 1.807) is 0 Å². The van der Waals surface area contributed by atoms with Crippen LogP contribution in [0.2, 0.25) is 0 Å². The summed E-state index contributed by atoms with van der Waals surface area (Å²) in [4.78, 5) is 4.92. The average molecular weight is 198 g/mol. The summed E-state index contributed by atoms with van der Waals surface area (Å²) in [5.74, 6) is 0. The van der Waals surface area contributed by atoms with E-state index in [1.165, 1.54) is 32.5 Å². The molecule has 1 heterocycles. The molecule has 0 aliphatic carbocycles. The number of hydrogen-bond donors (Lipinski definition) is 0. The highest BCUT2D eigenvalue weighted by molar-refractivity contribution is 4.85. The first kappa shape index (κ1) is 12.0. The number of nitrogens with zero attached hydrogens (tertiary/aromatic N) is 2. The summed E-state index contributed by atoms with van der Waals surface area (Å²) in [5, 5.41) is 0. The fraction of sp³-hybridized carbons (Fsp3) is 1.00. The quantitative estimate of drug-likeness (QED) is 0.685. The lowest BCUT2D eigenvalue weighted by Crippen LogP contribution is -2.45. The molecule has 0 aromatic heterocycles. The third kappa shape index (κ3) is 3.25. The van der Waals surface area contributed by atoms with Crippen LogP contribution in [0, 0.1) is 5.41 Å². The largest absolute Gasteiger partial charge is 0.309 e. The number of piperidine rings is 1. The third-order valence-electron chi connectivity index (χ3n) is 3.43. The minimum Gasteiger partial charge on any atom is -0.309 e. The second kappa shape index (κ2) is 4.63. The minimum absolute atomic E-state index is 0.550. The molecular weight excluding hydrogens is 172 g/mol. The Balaban J connectivity index is 2.41. The molecule has 0 spiro atoms. The molecule has 2 nitrogen and oxygen atoms in total. The van der Waals surface area contributed by atoms with E-state index in [4.69, 9.17) is 0 Å². The molecule has 0 N–H and O–H groups in total. The highest BCUT2D eigenvalue weighted by Gasteiger charge is 2.30. The van der Waals surface area contributed by atoms with Crippen LogP contribution in [-0.4, -0.2) is 49.6 Å². The van der Waals surface area contributed by atoms with Gasteiger partial charge < -0.3 is 9.80 Å². The maximum Gasteiger partial charge on any atom is 0.00385 e. The topological polar surface area (TPSA) is 6.48 Å². The molecule has 0 atom stereocenters. The highest BCUT2D eigenvalue weighted by atomic mass is 15.2. The van der Waals surface area contributed by atoms with Crippen molar-refractivity contribution in [2.75, 3.05) is 33.7 Å². The van der Waals surface area contributed by atoms with E-state index in [2.05, 4.69) is 44.7 Å². The van der Waals surface area contributed by atoms with E-state index in [0.29, 0.717) is 5.41 Å². The van der Waals surface area contributed by atoms with Crippen molar-refractivity contribution in [2.45, 2.75) is 39.7 Å². The Hall–Kier alpha value is -0.0800. The van der Waals surface area contributed by atoms with Crippen molar-refractivity contribution in [3.8, 4) is 0 Å². The van der Waals surface area contributed by atoms with E-state index in [9.17, 15) is 0 Å². The molecule has 1 rings (SSSR count). The normalized spacial score (nSPS) is 23.4. The molecule has 2 heteroatoms. The molecule has 1 fully saturated rings. The van der Waals surface area contributed by atoms with Crippen molar-refractivity contribution >= 4 is 0 Å². The molecular formula is C12H26N2. The molecule has 0 aromatic rings. The van der Waals surface area contributed by atoms with E-state index >= 15 is 0 Å². The number of rotatable bonds is 3. The van der Waals surface area contributed by atoms with Crippen LogP contribution in [0.3, 0.4) is 0 Å². The predicted molar refractivity (Wildman–Crippen MR) is 62.6 cm³/mol. The van der Waals surface area contributed by atoms with Crippen molar-refractivity contribution in [3.05, 3.63) is 0 Å². The van der Waals surface area contributed by atoms with E-state index < -0.39 is 0 Å². The van der Waals surface area contributed by atoms with Gasteiger partial charge in [0, 0.05) is 12.6 Å². The molecule has 84 valence electrons. The van der Waals surface area contributed by atoms with Crippen LogP contribution in [0.25, 0.3) is 0 Å². The van der Waals surface area contributed by atoms with Crippen LogP contribution in [-0.2, 0) is 0 Å². The molecule has 0 unspecified atom stereocenters. The monoisotopic (exact) mass is 198 g/mol. The summed E-state index contributed by atoms with van der Waals surface area (Å²) in [7, 11) is 4.36. The predicted octanol–water partition coefficient (Wildman–Crippen LogP) is 2.06. The zero-order chi connectivity index (χ0) is 10.8. The fourth-order valence-electron chi connectivity index (χ4n) is 2.50. The van der Waals surface area contributed by atoms with Crippen LogP contribution < -0.4 is 0 Å². The third-order valence-corrected chi connectivity index (χ3v) is 3.43. The molecule has 0 bridgehead atoms. The van der Waals surface area contributed by atoms with Gasteiger partial charge in [0.05, 0.1) is 0 Å². The fourth-order valence-corrected chi connectivity index (χ4v) is 2.50. The van der Waals surface area contributed by atoms with Gasteiger partial charge in [-0.05, 0) is 59.3 Å². The van der Waals surface area contributed by atoms with Crippen LogP contribution in [0.1, 0.15) is 33.6 Å². The smallest absolute Gasteiger partial charge is 0.00385 e. The molecule has 0 amide bonds. The van der Waals surface area contributed by atoms with Gasteiger partial charge in [-0.3, -0.25) is 0 Å². The molecule has 0 aromatic carbocycles. The van der Waals surface area contributed by atoms with E-state index in [-0.39, 0.29) is 0 Å². The molecule has 14 heavy (non-hydrogen) atoms. The van der Waals surface area contributed by atoms with E-state index in [1.807, 2.05) is 0 Å². The van der Waals surface area contributed by atoms with Gasteiger partial charge in [0.2, 0.25) is 0 Å². The van der Waals surface area contributed by atoms with Crippen molar-refractivity contribution in [1.82, 2.24) is 9.80 Å². The first-order valence-electron chi connectivity index (χ1n) is 5.82. The Kier molecular flexibility index (Phi) is 3.96. The molecule has 1 saturated heterocycles. The molecule has 1 aliphatic heterocycles.